The Labute approximate surface area is 146 Å². The Morgan fingerprint density at radius 1 is 1.17 bits per heavy atom. The zero-order chi connectivity index (χ0) is 17.7. The van der Waals surface area contributed by atoms with Crippen LogP contribution in [0.1, 0.15) is 21.5 Å². The Morgan fingerprint density at radius 2 is 1.83 bits per heavy atom. The molecule has 128 valence electrons. The van der Waals surface area contributed by atoms with Gasteiger partial charge in [-0.15, -0.1) is 0 Å². The third-order valence-corrected chi connectivity index (χ3v) is 3.74. The number of aryl methyl sites for hydroxylation is 2. The lowest BCUT2D eigenvalue weighted by atomic mass is 10.1. The van der Waals surface area contributed by atoms with Crippen LogP contribution in [0.25, 0.3) is 0 Å². The second kappa shape index (κ2) is 7.93. The summed E-state index contributed by atoms with van der Waals surface area (Å²) in [6.45, 7) is 4.74. The summed E-state index contributed by atoms with van der Waals surface area (Å²) in [5.74, 6) is 0.872. The van der Waals surface area contributed by atoms with E-state index in [2.05, 4.69) is 11.4 Å². The first-order valence-electron chi connectivity index (χ1n) is 7.53. The molecule has 0 heterocycles. The molecule has 0 radical (unpaired) electrons. The molecular formula is C18H21ClN2O3. The Balaban J connectivity index is 1.93. The second-order valence-electron chi connectivity index (χ2n) is 5.50. The molecule has 0 saturated carbocycles. The normalized spacial score (nSPS) is 10.3. The molecule has 3 N–H and O–H groups in total. The van der Waals surface area contributed by atoms with Crippen molar-refractivity contribution in [2.45, 2.75) is 13.8 Å². The number of carbonyl (C=O) groups is 1. The average molecular weight is 349 g/mol. The van der Waals surface area contributed by atoms with Crippen LogP contribution in [0, 0.1) is 13.8 Å². The van der Waals surface area contributed by atoms with E-state index in [1.807, 2.05) is 26.0 Å². The predicted molar refractivity (Wildman–Crippen MR) is 96.2 cm³/mol. The standard InChI is InChI=1S/C18H21ClN2O3/c1-11-6-12(2)8-13(7-11)24-5-4-21-18(22)14-9-15(19)16(20)10-17(14)23-3/h6-10H,4-5,20H2,1-3H3,(H,21,22). The van der Waals surface area contributed by atoms with Gasteiger partial charge in [-0.05, 0) is 43.2 Å². The molecule has 0 unspecified atom stereocenters. The van der Waals surface area contributed by atoms with Gasteiger partial charge in [0.05, 0.1) is 29.9 Å². The van der Waals surface area contributed by atoms with Gasteiger partial charge < -0.3 is 20.5 Å². The summed E-state index contributed by atoms with van der Waals surface area (Å²) in [5, 5.41) is 3.09. The highest BCUT2D eigenvalue weighted by Crippen LogP contribution is 2.28. The number of hydrogen-bond acceptors (Lipinski definition) is 4. The van der Waals surface area contributed by atoms with E-state index in [9.17, 15) is 4.79 Å². The zero-order valence-electron chi connectivity index (χ0n) is 14.0. The first-order valence-corrected chi connectivity index (χ1v) is 7.91. The van der Waals surface area contributed by atoms with Gasteiger partial charge in [0.15, 0.2) is 0 Å². The minimum Gasteiger partial charge on any atom is -0.496 e. The molecule has 0 aromatic heterocycles. The van der Waals surface area contributed by atoms with Crippen molar-refractivity contribution >= 4 is 23.2 Å². The highest BCUT2D eigenvalue weighted by atomic mass is 35.5. The predicted octanol–water partition coefficient (Wildman–Crippen LogP) is 3.36. The maximum absolute atomic E-state index is 12.3. The maximum atomic E-state index is 12.3. The lowest BCUT2D eigenvalue weighted by Crippen LogP contribution is -2.28. The lowest BCUT2D eigenvalue weighted by molar-refractivity contribution is 0.0944. The largest absolute Gasteiger partial charge is 0.496 e. The Hall–Kier alpha value is -2.40. The van der Waals surface area contributed by atoms with Gasteiger partial charge in [0, 0.05) is 6.07 Å². The molecule has 0 aliphatic carbocycles. The fourth-order valence-corrected chi connectivity index (χ4v) is 2.52. The third kappa shape index (κ3) is 4.55. The van der Waals surface area contributed by atoms with Crippen molar-refractivity contribution in [3.8, 4) is 11.5 Å². The molecule has 2 aromatic rings. The van der Waals surface area contributed by atoms with E-state index in [1.54, 1.807) is 0 Å². The molecule has 0 atom stereocenters. The average Bonchev–Trinajstić information content (AvgIpc) is 2.52. The van der Waals surface area contributed by atoms with Gasteiger partial charge in [-0.2, -0.15) is 0 Å². The summed E-state index contributed by atoms with van der Waals surface area (Å²) < 4.78 is 10.8. The number of rotatable bonds is 6. The number of ether oxygens (including phenoxy) is 2. The van der Waals surface area contributed by atoms with E-state index in [0.717, 1.165) is 16.9 Å². The van der Waals surface area contributed by atoms with Gasteiger partial charge >= 0.3 is 0 Å². The van der Waals surface area contributed by atoms with E-state index in [4.69, 9.17) is 26.8 Å². The quantitative estimate of drug-likeness (QED) is 0.620. The summed E-state index contributed by atoms with van der Waals surface area (Å²) in [7, 11) is 1.47. The summed E-state index contributed by atoms with van der Waals surface area (Å²) in [6.07, 6.45) is 0. The third-order valence-electron chi connectivity index (χ3n) is 3.41. The Kier molecular flexibility index (Phi) is 5.93. The van der Waals surface area contributed by atoms with Crippen LogP contribution in [0.15, 0.2) is 30.3 Å². The molecule has 0 bridgehead atoms. The van der Waals surface area contributed by atoms with Gasteiger partial charge in [-0.25, -0.2) is 0 Å². The Bertz CT molecular complexity index is 727. The summed E-state index contributed by atoms with van der Waals surface area (Å²) in [5.41, 5.74) is 8.68. The van der Waals surface area contributed by atoms with Crippen molar-refractivity contribution in [2.24, 2.45) is 0 Å². The molecule has 0 fully saturated rings. The van der Waals surface area contributed by atoms with E-state index >= 15 is 0 Å². The molecule has 1 amide bonds. The topological polar surface area (TPSA) is 73.6 Å². The number of hydrogen-bond donors (Lipinski definition) is 2. The number of nitrogen functional groups attached to an aromatic ring is 1. The van der Waals surface area contributed by atoms with E-state index < -0.39 is 0 Å². The number of methoxy groups -OCH3 is 1. The van der Waals surface area contributed by atoms with Crippen LogP contribution in [0.4, 0.5) is 5.69 Å². The number of nitrogens with two attached hydrogens (primary N) is 1. The van der Waals surface area contributed by atoms with Crippen LogP contribution in [0.3, 0.4) is 0 Å². The number of amides is 1. The summed E-state index contributed by atoms with van der Waals surface area (Å²) in [6, 6.07) is 9.01. The van der Waals surface area contributed by atoms with Gasteiger partial charge in [0.2, 0.25) is 0 Å². The van der Waals surface area contributed by atoms with Crippen molar-refractivity contribution in [1.82, 2.24) is 5.32 Å². The molecule has 24 heavy (non-hydrogen) atoms. The number of anilines is 1. The van der Waals surface area contributed by atoms with Crippen LogP contribution >= 0.6 is 11.6 Å². The SMILES string of the molecule is COc1cc(N)c(Cl)cc1C(=O)NCCOc1cc(C)cc(C)c1. The molecule has 0 saturated heterocycles. The van der Waals surface area contributed by atoms with Crippen molar-refractivity contribution in [3.63, 3.8) is 0 Å². The van der Waals surface area contributed by atoms with Crippen LogP contribution < -0.4 is 20.5 Å². The van der Waals surface area contributed by atoms with Gasteiger partial charge in [-0.3, -0.25) is 4.79 Å². The lowest BCUT2D eigenvalue weighted by Gasteiger charge is -2.12. The van der Waals surface area contributed by atoms with Crippen molar-refractivity contribution in [3.05, 3.63) is 52.0 Å². The van der Waals surface area contributed by atoms with Crippen molar-refractivity contribution in [1.29, 1.82) is 0 Å². The smallest absolute Gasteiger partial charge is 0.255 e. The molecule has 6 heteroatoms. The van der Waals surface area contributed by atoms with Gasteiger partial charge in [0.1, 0.15) is 18.1 Å². The number of nitrogens with one attached hydrogen (secondary N) is 1. The molecule has 2 rings (SSSR count). The highest BCUT2D eigenvalue weighted by molar-refractivity contribution is 6.33. The van der Waals surface area contributed by atoms with Crippen LogP contribution in [0.2, 0.25) is 5.02 Å². The Morgan fingerprint density at radius 3 is 2.46 bits per heavy atom. The molecule has 0 aliphatic rings. The van der Waals surface area contributed by atoms with Gasteiger partial charge in [-0.1, -0.05) is 17.7 Å². The molecule has 0 aliphatic heterocycles. The molecule has 2 aromatic carbocycles. The first kappa shape index (κ1) is 17.9. The second-order valence-corrected chi connectivity index (χ2v) is 5.91. The fourth-order valence-electron chi connectivity index (χ4n) is 2.36. The molecular weight excluding hydrogens is 328 g/mol. The van der Waals surface area contributed by atoms with E-state index in [1.165, 1.54) is 19.2 Å². The highest BCUT2D eigenvalue weighted by Gasteiger charge is 2.14. The van der Waals surface area contributed by atoms with E-state index in [0.29, 0.717) is 35.2 Å². The van der Waals surface area contributed by atoms with Crippen LogP contribution in [-0.2, 0) is 0 Å². The number of carbonyl (C=O) groups excluding carboxylic acids is 1. The van der Waals surface area contributed by atoms with Crippen LogP contribution in [0.5, 0.6) is 11.5 Å². The van der Waals surface area contributed by atoms with Crippen molar-refractivity contribution in [2.75, 3.05) is 26.0 Å². The molecule has 0 spiro atoms. The summed E-state index contributed by atoms with van der Waals surface area (Å²) >= 11 is 5.97. The minimum absolute atomic E-state index is 0.294. The minimum atomic E-state index is -0.294. The number of halogens is 1. The van der Waals surface area contributed by atoms with Gasteiger partial charge in [0.25, 0.3) is 5.91 Å². The maximum Gasteiger partial charge on any atom is 0.255 e. The van der Waals surface area contributed by atoms with Crippen molar-refractivity contribution < 1.29 is 14.3 Å². The van der Waals surface area contributed by atoms with Crippen LogP contribution in [-0.4, -0.2) is 26.2 Å². The first-order chi connectivity index (χ1) is 11.4. The monoisotopic (exact) mass is 348 g/mol. The summed E-state index contributed by atoms with van der Waals surface area (Å²) in [4.78, 5) is 12.3. The number of benzene rings is 2. The molecule has 5 nitrogen and oxygen atoms in total. The fraction of sp³-hybridized carbons (Fsp3) is 0.278. The van der Waals surface area contributed by atoms with E-state index in [-0.39, 0.29) is 5.91 Å². The zero-order valence-corrected chi connectivity index (χ0v) is 14.7.